The van der Waals surface area contributed by atoms with E-state index in [4.69, 9.17) is 9.47 Å². The smallest absolute Gasteiger partial charge is 0.387 e. The molecule has 8 heteroatoms. The summed E-state index contributed by atoms with van der Waals surface area (Å²) in [5.74, 6) is 0.344. The van der Waals surface area contributed by atoms with Gasteiger partial charge in [-0.05, 0) is 50.0 Å². The molecule has 0 radical (unpaired) electrons. The summed E-state index contributed by atoms with van der Waals surface area (Å²) in [6.07, 6.45) is 0. The van der Waals surface area contributed by atoms with Crippen LogP contribution in [0.4, 0.5) is 8.78 Å². The van der Waals surface area contributed by atoms with Gasteiger partial charge in [0, 0.05) is 12.1 Å². The van der Waals surface area contributed by atoms with Crippen molar-refractivity contribution in [2.45, 2.75) is 12.7 Å². The molecule has 0 bridgehead atoms. The first-order valence-electron chi connectivity index (χ1n) is 8.57. The molecule has 0 heterocycles. The van der Waals surface area contributed by atoms with Crippen molar-refractivity contribution in [1.82, 2.24) is 10.2 Å². The molecule has 1 amide bonds. The summed E-state index contributed by atoms with van der Waals surface area (Å²) in [5, 5.41) is 2.86. The van der Waals surface area contributed by atoms with Crippen LogP contribution >= 0.6 is 0 Å². The Kier molecular flexibility index (Phi) is 7.57. The summed E-state index contributed by atoms with van der Waals surface area (Å²) in [7, 11) is 6.76. The molecule has 152 valence electrons. The van der Waals surface area contributed by atoms with Gasteiger partial charge in [-0.3, -0.25) is 4.79 Å². The van der Waals surface area contributed by atoms with Gasteiger partial charge >= 0.3 is 6.61 Å². The Balaban J connectivity index is 2.09. The molecular formula is C20H24F2N2O4. The van der Waals surface area contributed by atoms with Gasteiger partial charge in [-0.15, -0.1) is 0 Å². The summed E-state index contributed by atoms with van der Waals surface area (Å²) >= 11 is 0. The maximum absolute atomic E-state index is 12.5. The molecule has 6 nitrogen and oxygen atoms in total. The largest absolute Gasteiger partial charge is 0.497 e. The molecule has 2 aromatic carbocycles. The van der Waals surface area contributed by atoms with Gasteiger partial charge in [0.05, 0.1) is 20.3 Å². The molecule has 0 aliphatic heterocycles. The van der Waals surface area contributed by atoms with Crippen LogP contribution in [0.3, 0.4) is 0 Å². The molecule has 0 spiro atoms. The van der Waals surface area contributed by atoms with Gasteiger partial charge < -0.3 is 24.4 Å². The number of methoxy groups -OCH3 is 2. The fraction of sp³-hybridized carbons (Fsp3) is 0.350. The predicted molar refractivity (Wildman–Crippen MR) is 101 cm³/mol. The molecule has 28 heavy (non-hydrogen) atoms. The third-order valence-corrected chi connectivity index (χ3v) is 4.22. The third kappa shape index (κ3) is 5.56. The highest BCUT2D eigenvalue weighted by atomic mass is 19.3. The first-order valence-corrected chi connectivity index (χ1v) is 8.57. The summed E-state index contributed by atoms with van der Waals surface area (Å²) in [5.41, 5.74) is 1.30. The molecule has 0 saturated heterocycles. The number of carbonyl (C=O) groups excluding carboxylic acids is 1. The molecule has 0 fully saturated rings. The van der Waals surface area contributed by atoms with Crippen molar-refractivity contribution in [2.75, 3.05) is 34.9 Å². The van der Waals surface area contributed by atoms with E-state index >= 15 is 0 Å². The van der Waals surface area contributed by atoms with Gasteiger partial charge in [-0.25, -0.2) is 0 Å². The Morgan fingerprint density at radius 3 is 2.25 bits per heavy atom. The van der Waals surface area contributed by atoms with Crippen molar-refractivity contribution in [1.29, 1.82) is 0 Å². The number of halogens is 2. The number of hydrogen-bond acceptors (Lipinski definition) is 5. The summed E-state index contributed by atoms with van der Waals surface area (Å²) < 4.78 is 39.4. The molecule has 1 unspecified atom stereocenters. The monoisotopic (exact) mass is 394 g/mol. The third-order valence-electron chi connectivity index (χ3n) is 4.22. The van der Waals surface area contributed by atoms with E-state index in [-0.39, 0.29) is 29.0 Å². The van der Waals surface area contributed by atoms with Crippen LogP contribution in [-0.2, 0) is 0 Å². The second kappa shape index (κ2) is 9.89. The van der Waals surface area contributed by atoms with Crippen molar-refractivity contribution >= 4 is 5.91 Å². The lowest BCUT2D eigenvalue weighted by atomic mass is 10.1. The highest BCUT2D eigenvalue weighted by molar-refractivity contribution is 5.94. The summed E-state index contributed by atoms with van der Waals surface area (Å²) in [6.45, 7) is -2.62. The quantitative estimate of drug-likeness (QED) is 0.707. The van der Waals surface area contributed by atoms with Crippen molar-refractivity contribution < 1.29 is 27.8 Å². The van der Waals surface area contributed by atoms with E-state index in [1.165, 1.54) is 25.3 Å². The first kappa shape index (κ1) is 21.4. The Morgan fingerprint density at radius 2 is 1.71 bits per heavy atom. The zero-order chi connectivity index (χ0) is 20.7. The van der Waals surface area contributed by atoms with E-state index < -0.39 is 6.61 Å². The van der Waals surface area contributed by atoms with E-state index in [2.05, 4.69) is 10.1 Å². The van der Waals surface area contributed by atoms with Crippen LogP contribution in [0.15, 0.2) is 42.5 Å². The molecule has 0 aliphatic carbocycles. The SMILES string of the molecule is COc1ccc(C(CNC(=O)c2ccc(OC(F)F)c(OC)c2)N(C)C)cc1. The second-order valence-electron chi connectivity index (χ2n) is 6.21. The lowest BCUT2D eigenvalue weighted by Crippen LogP contribution is -2.34. The van der Waals surface area contributed by atoms with E-state index in [1.54, 1.807) is 7.11 Å². The van der Waals surface area contributed by atoms with Crippen LogP contribution in [0.25, 0.3) is 0 Å². The van der Waals surface area contributed by atoms with Gasteiger partial charge in [-0.2, -0.15) is 8.78 Å². The van der Waals surface area contributed by atoms with Crippen molar-refractivity contribution in [3.63, 3.8) is 0 Å². The van der Waals surface area contributed by atoms with Gasteiger partial charge in [0.1, 0.15) is 5.75 Å². The molecule has 0 saturated carbocycles. The fourth-order valence-electron chi connectivity index (χ4n) is 2.72. The number of nitrogens with one attached hydrogen (secondary N) is 1. The van der Waals surface area contributed by atoms with Gasteiger partial charge in [-0.1, -0.05) is 12.1 Å². The number of likely N-dealkylation sites (N-methyl/N-ethyl adjacent to an activating group) is 1. The summed E-state index contributed by atoms with van der Waals surface area (Å²) in [6, 6.07) is 11.6. The number of benzene rings is 2. The average molecular weight is 394 g/mol. The molecule has 2 aromatic rings. The highest BCUT2D eigenvalue weighted by Gasteiger charge is 2.18. The standard InChI is InChI=1S/C20H24F2N2O4/c1-24(2)16(13-5-8-15(26-3)9-6-13)12-23-19(25)14-7-10-17(28-20(21)22)18(11-14)27-4/h5-11,16,20H,12H2,1-4H3,(H,23,25). The number of rotatable bonds is 9. The maximum Gasteiger partial charge on any atom is 0.387 e. The number of ether oxygens (including phenoxy) is 3. The number of amides is 1. The number of hydrogen-bond donors (Lipinski definition) is 1. The Morgan fingerprint density at radius 1 is 1.04 bits per heavy atom. The zero-order valence-electron chi connectivity index (χ0n) is 16.2. The minimum absolute atomic E-state index is 0.0572. The fourth-order valence-corrected chi connectivity index (χ4v) is 2.72. The lowest BCUT2D eigenvalue weighted by molar-refractivity contribution is -0.0512. The van der Waals surface area contributed by atoms with Gasteiger partial charge in [0.25, 0.3) is 5.91 Å². The molecular weight excluding hydrogens is 370 g/mol. The summed E-state index contributed by atoms with van der Waals surface area (Å²) in [4.78, 5) is 14.5. The second-order valence-corrected chi connectivity index (χ2v) is 6.21. The van der Waals surface area contributed by atoms with E-state index in [9.17, 15) is 13.6 Å². The molecule has 2 rings (SSSR count). The van der Waals surface area contributed by atoms with Crippen LogP contribution in [-0.4, -0.2) is 52.3 Å². The van der Waals surface area contributed by atoms with Crippen molar-refractivity contribution in [3.8, 4) is 17.2 Å². The normalized spacial score (nSPS) is 12.0. The van der Waals surface area contributed by atoms with Crippen molar-refractivity contribution in [3.05, 3.63) is 53.6 Å². The maximum atomic E-state index is 12.5. The topological polar surface area (TPSA) is 60.0 Å². The van der Waals surface area contributed by atoms with E-state index in [0.717, 1.165) is 11.3 Å². The van der Waals surface area contributed by atoms with Crippen LogP contribution < -0.4 is 19.5 Å². The number of nitrogens with zero attached hydrogens (tertiary/aromatic N) is 1. The average Bonchev–Trinajstić information content (AvgIpc) is 2.68. The van der Waals surface area contributed by atoms with Crippen LogP contribution in [0, 0.1) is 0 Å². The van der Waals surface area contributed by atoms with E-state index in [0.29, 0.717) is 6.54 Å². The number of alkyl halides is 2. The minimum atomic E-state index is -2.97. The molecule has 0 aliphatic rings. The van der Waals surface area contributed by atoms with E-state index in [1.807, 2.05) is 43.3 Å². The first-order chi connectivity index (χ1) is 13.3. The predicted octanol–water partition coefficient (Wildman–Crippen LogP) is 3.34. The lowest BCUT2D eigenvalue weighted by Gasteiger charge is -2.25. The van der Waals surface area contributed by atoms with Crippen LogP contribution in [0.5, 0.6) is 17.2 Å². The Hall–Kier alpha value is -2.87. The highest BCUT2D eigenvalue weighted by Crippen LogP contribution is 2.29. The minimum Gasteiger partial charge on any atom is -0.497 e. The van der Waals surface area contributed by atoms with Crippen molar-refractivity contribution in [2.24, 2.45) is 0 Å². The molecule has 0 aromatic heterocycles. The van der Waals surface area contributed by atoms with Crippen LogP contribution in [0.2, 0.25) is 0 Å². The number of carbonyl (C=O) groups is 1. The molecule has 1 N–H and O–H groups in total. The molecule has 1 atom stereocenters. The Bertz CT molecular complexity index is 782. The van der Waals surface area contributed by atoms with Gasteiger partial charge in [0.15, 0.2) is 11.5 Å². The zero-order valence-corrected chi connectivity index (χ0v) is 16.2. The Labute approximate surface area is 163 Å². The van der Waals surface area contributed by atoms with Crippen LogP contribution in [0.1, 0.15) is 22.0 Å². The van der Waals surface area contributed by atoms with Gasteiger partial charge in [0.2, 0.25) is 0 Å².